The second-order valence-electron chi connectivity index (χ2n) is 6.12. The van der Waals surface area contributed by atoms with E-state index in [0.717, 1.165) is 18.6 Å². The molecule has 1 saturated carbocycles. The summed E-state index contributed by atoms with van der Waals surface area (Å²) in [6.45, 7) is 1.14. The first-order valence-corrected chi connectivity index (χ1v) is 8.80. The van der Waals surface area contributed by atoms with Crippen molar-refractivity contribution in [2.75, 3.05) is 20.6 Å². The van der Waals surface area contributed by atoms with Crippen LogP contribution >= 0.6 is 11.3 Å². The van der Waals surface area contributed by atoms with E-state index in [9.17, 15) is 4.79 Å². The van der Waals surface area contributed by atoms with Crippen molar-refractivity contribution in [3.05, 3.63) is 46.5 Å². The summed E-state index contributed by atoms with van der Waals surface area (Å²) in [5, 5.41) is 5.17. The third-order valence-electron chi connectivity index (χ3n) is 4.10. The Morgan fingerprint density at radius 2 is 2.22 bits per heavy atom. The fraction of sp³-hybridized carbons (Fsp3) is 0.471. The Morgan fingerprint density at radius 3 is 2.78 bits per heavy atom. The average Bonchev–Trinajstić information content (AvgIpc) is 3.01. The molecule has 1 aliphatic carbocycles. The van der Waals surface area contributed by atoms with Gasteiger partial charge in [-0.2, -0.15) is 0 Å². The van der Waals surface area contributed by atoms with Crippen molar-refractivity contribution in [3.8, 4) is 0 Å². The smallest absolute Gasteiger partial charge is 0.318 e. The molecule has 0 spiro atoms. The van der Waals surface area contributed by atoms with Gasteiger partial charge in [0.1, 0.15) is 5.76 Å². The van der Waals surface area contributed by atoms with Crippen molar-refractivity contribution in [2.24, 2.45) is 0 Å². The highest BCUT2D eigenvalue weighted by molar-refractivity contribution is 7.10. The van der Waals surface area contributed by atoms with Crippen molar-refractivity contribution in [3.63, 3.8) is 0 Å². The summed E-state index contributed by atoms with van der Waals surface area (Å²) < 4.78 is 5.39. The molecular weight excluding hydrogens is 310 g/mol. The fourth-order valence-corrected chi connectivity index (χ4v) is 3.55. The molecule has 0 aliphatic heterocycles. The zero-order valence-corrected chi connectivity index (χ0v) is 14.4. The van der Waals surface area contributed by atoms with Crippen LogP contribution in [0.5, 0.6) is 0 Å². The molecule has 2 amide bonds. The second-order valence-corrected chi connectivity index (χ2v) is 7.10. The van der Waals surface area contributed by atoms with Crippen LogP contribution in [0.15, 0.2) is 40.3 Å². The fourth-order valence-electron chi connectivity index (χ4n) is 2.63. The monoisotopic (exact) mass is 333 g/mol. The van der Waals surface area contributed by atoms with E-state index in [0.29, 0.717) is 19.1 Å². The summed E-state index contributed by atoms with van der Waals surface area (Å²) >= 11 is 1.72. The van der Waals surface area contributed by atoms with E-state index >= 15 is 0 Å². The molecule has 0 bridgehead atoms. The Hall–Kier alpha value is -1.79. The highest BCUT2D eigenvalue weighted by atomic mass is 32.1. The van der Waals surface area contributed by atoms with Crippen LogP contribution in [-0.2, 0) is 6.54 Å². The third kappa shape index (κ3) is 4.14. The summed E-state index contributed by atoms with van der Waals surface area (Å²) in [6, 6.07) is 8.47. The molecule has 0 radical (unpaired) electrons. The maximum Gasteiger partial charge on any atom is 0.318 e. The van der Waals surface area contributed by atoms with Crippen LogP contribution < -0.4 is 5.32 Å². The molecule has 1 fully saturated rings. The van der Waals surface area contributed by atoms with E-state index in [1.54, 1.807) is 17.6 Å². The van der Waals surface area contributed by atoms with E-state index in [4.69, 9.17) is 4.42 Å². The average molecular weight is 333 g/mol. The van der Waals surface area contributed by atoms with Crippen LogP contribution in [0, 0.1) is 0 Å². The number of hydrogen-bond donors (Lipinski definition) is 1. The van der Waals surface area contributed by atoms with Crippen LogP contribution in [0.25, 0.3) is 0 Å². The van der Waals surface area contributed by atoms with Crippen molar-refractivity contribution in [1.29, 1.82) is 0 Å². The van der Waals surface area contributed by atoms with Crippen LogP contribution in [0.1, 0.15) is 29.5 Å². The molecular formula is C17H23N3O2S. The Balaban J connectivity index is 1.60. The Bertz CT molecular complexity index is 606. The minimum absolute atomic E-state index is 0.00712. The largest absolute Gasteiger partial charge is 0.467 e. The number of furan rings is 1. The van der Waals surface area contributed by atoms with Crippen molar-refractivity contribution in [2.45, 2.75) is 31.5 Å². The molecule has 6 heteroatoms. The zero-order valence-electron chi connectivity index (χ0n) is 13.6. The quantitative estimate of drug-likeness (QED) is 0.845. The molecule has 23 heavy (non-hydrogen) atoms. The van der Waals surface area contributed by atoms with E-state index < -0.39 is 0 Å². The van der Waals surface area contributed by atoms with Crippen molar-refractivity contribution >= 4 is 17.4 Å². The van der Waals surface area contributed by atoms with Gasteiger partial charge in [-0.05, 0) is 50.5 Å². The summed E-state index contributed by atoms with van der Waals surface area (Å²) in [5.41, 5.74) is 0. The van der Waals surface area contributed by atoms with Gasteiger partial charge in [0, 0.05) is 17.5 Å². The van der Waals surface area contributed by atoms with Gasteiger partial charge in [-0.1, -0.05) is 6.07 Å². The van der Waals surface area contributed by atoms with Crippen LogP contribution in [0.3, 0.4) is 0 Å². The molecule has 1 N–H and O–H groups in total. The van der Waals surface area contributed by atoms with Gasteiger partial charge >= 0.3 is 6.03 Å². The molecule has 1 aliphatic rings. The Morgan fingerprint density at radius 1 is 1.39 bits per heavy atom. The maximum absolute atomic E-state index is 12.6. The summed E-state index contributed by atoms with van der Waals surface area (Å²) in [5.74, 6) is 0.828. The summed E-state index contributed by atoms with van der Waals surface area (Å²) in [7, 11) is 4.08. The standard InChI is InChI=1S/C17H23N3O2S/c1-19(2)15(16-6-4-10-23-16)11-18-17(21)20(13-7-8-13)12-14-5-3-9-22-14/h3-6,9-10,13,15H,7-8,11-12H2,1-2H3,(H,18,21). The third-order valence-corrected chi connectivity index (χ3v) is 5.07. The normalized spacial score (nSPS) is 15.6. The lowest BCUT2D eigenvalue weighted by Crippen LogP contribution is -2.43. The topological polar surface area (TPSA) is 48.7 Å². The van der Waals surface area contributed by atoms with Gasteiger partial charge in [0.15, 0.2) is 0 Å². The first-order valence-electron chi connectivity index (χ1n) is 7.92. The van der Waals surface area contributed by atoms with E-state index in [2.05, 4.69) is 21.7 Å². The molecule has 2 heterocycles. The van der Waals surface area contributed by atoms with Gasteiger partial charge in [-0.3, -0.25) is 0 Å². The van der Waals surface area contributed by atoms with Crippen molar-refractivity contribution in [1.82, 2.24) is 15.1 Å². The molecule has 124 valence electrons. The van der Waals surface area contributed by atoms with E-state index in [-0.39, 0.29) is 12.1 Å². The predicted molar refractivity (Wildman–Crippen MR) is 91.4 cm³/mol. The number of nitrogens with zero attached hydrogens (tertiary/aromatic N) is 2. The van der Waals surface area contributed by atoms with E-state index in [1.165, 1.54) is 4.88 Å². The maximum atomic E-state index is 12.6. The highest BCUT2D eigenvalue weighted by Crippen LogP contribution is 2.29. The first kappa shape index (κ1) is 16.1. The highest BCUT2D eigenvalue weighted by Gasteiger charge is 2.33. The lowest BCUT2D eigenvalue weighted by atomic mass is 10.2. The lowest BCUT2D eigenvalue weighted by Gasteiger charge is -2.26. The molecule has 2 aromatic heterocycles. The van der Waals surface area contributed by atoms with Crippen LogP contribution in [0.4, 0.5) is 4.79 Å². The summed E-state index contributed by atoms with van der Waals surface area (Å²) in [6.07, 6.45) is 3.81. The number of hydrogen-bond acceptors (Lipinski definition) is 4. The van der Waals surface area contributed by atoms with E-state index in [1.807, 2.05) is 37.2 Å². The summed E-state index contributed by atoms with van der Waals surface area (Å²) in [4.78, 5) is 17.9. The zero-order chi connectivity index (χ0) is 16.2. The SMILES string of the molecule is CN(C)C(CNC(=O)N(Cc1ccco1)C1CC1)c1cccs1. The number of urea groups is 1. The minimum atomic E-state index is -0.00712. The van der Waals surface area contributed by atoms with Gasteiger partial charge in [0.2, 0.25) is 0 Å². The second kappa shape index (κ2) is 7.19. The Labute approximate surface area is 140 Å². The first-order chi connectivity index (χ1) is 11.1. The lowest BCUT2D eigenvalue weighted by molar-refractivity contribution is 0.182. The molecule has 0 saturated heterocycles. The van der Waals surface area contributed by atoms with Gasteiger partial charge in [-0.25, -0.2) is 4.79 Å². The van der Waals surface area contributed by atoms with Gasteiger partial charge < -0.3 is 19.5 Å². The number of thiophene rings is 1. The van der Waals surface area contributed by atoms with Gasteiger partial charge in [0.05, 0.1) is 18.8 Å². The number of rotatable bonds is 7. The minimum Gasteiger partial charge on any atom is -0.467 e. The number of likely N-dealkylation sites (N-methyl/N-ethyl adjacent to an activating group) is 1. The molecule has 3 rings (SSSR count). The number of amides is 2. The van der Waals surface area contributed by atoms with Gasteiger partial charge in [0.25, 0.3) is 0 Å². The predicted octanol–water partition coefficient (Wildman–Crippen LogP) is 3.32. The van der Waals surface area contributed by atoms with Gasteiger partial charge in [-0.15, -0.1) is 11.3 Å². The number of carbonyl (C=O) groups is 1. The molecule has 5 nitrogen and oxygen atoms in total. The van der Waals surface area contributed by atoms with Crippen LogP contribution in [0.2, 0.25) is 0 Å². The van der Waals surface area contributed by atoms with Crippen molar-refractivity contribution < 1.29 is 9.21 Å². The molecule has 1 atom stereocenters. The molecule has 0 aromatic carbocycles. The van der Waals surface area contributed by atoms with Crippen LogP contribution in [-0.4, -0.2) is 42.5 Å². The molecule has 2 aromatic rings. The Kier molecular flexibility index (Phi) is 5.03. The number of carbonyl (C=O) groups excluding carboxylic acids is 1. The molecule has 1 unspecified atom stereocenters. The number of nitrogens with one attached hydrogen (secondary N) is 1.